The lowest BCUT2D eigenvalue weighted by Crippen LogP contribution is -2.43. The fourth-order valence-corrected chi connectivity index (χ4v) is 2.45. The molecular weight excluding hydrogens is 289 g/mol. The highest BCUT2D eigenvalue weighted by molar-refractivity contribution is 5.69. The zero-order chi connectivity index (χ0) is 15.9. The van der Waals surface area contributed by atoms with Crippen LogP contribution in [0.15, 0.2) is 43.0 Å². The van der Waals surface area contributed by atoms with E-state index in [0.717, 1.165) is 5.56 Å². The van der Waals surface area contributed by atoms with Crippen LogP contribution in [-0.2, 0) is 16.1 Å². The predicted octanol–water partition coefficient (Wildman–Crippen LogP) is 1.91. The van der Waals surface area contributed by atoms with Crippen LogP contribution in [0.3, 0.4) is 0 Å². The van der Waals surface area contributed by atoms with Gasteiger partial charge in [0.2, 0.25) is 0 Å². The normalized spacial score (nSPS) is 24.3. The number of benzene rings is 1. The number of rotatable bonds is 6. The van der Waals surface area contributed by atoms with Gasteiger partial charge >= 0.3 is 6.09 Å². The molecule has 22 heavy (non-hydrogen) atoms. The third kappa shape index (κ3) is 3.84. The van der Waals surface area contributed by atoms with Crippen LogP contribution in [0.25, 0.3) is 0 Å². The number of alkyl halides is 1. The molecule has 0 bridgehead atoms. The van der Waals surface area contributed by atoms with E-state index in [1.165, 1.54) is 11.0 Å². The number of likely N-dealkylation sites (tertiary alicyclic amines) is 1. The number of hydrogen-bond donors (Lipinski definition) is 1. The quantitative estimate of drug-likeness (QED) is 0.816. The molecule has 1 amide bonds. The van der Waals surface area contributed by atoms with E-state index in [9.17, 15) is 14.3 Å². The van der Waals surface area contributed by atoms with Crippen LogP contribution in [0.4, 0.5) is 9.18 Å². The van der Waals surface area contributed by atoms with Crippen molar-refractivity contribution in [1.29, 1.82) is 0 Å². The second kappa shape index (κ2) is 7.91. The average Bonchev–Trinajstić information content (AvgIpc) is 2.87. The Morgan fingerprint density at radius 1 is 1.45 bits per heavy atom. The highest BCUT2D eigenvalue weighted by Crippen LogP contribution is 2.25. The Morgan fingerprint density at radius 2 is 2.18 bits per heavy atom. The number of amides is 1. The Bertz CT molecular complexity index is 496. The van der Waals surface area contributed by atoms with Gasteiger partial charge in [-0.15, -0.1) is 6.58 Å². The van der Waals surface area contributed by atoms with E-state index in [2.05, 4.69) is 6.58 Å². The molecule has 1 aliphatic heterocycles. The molecule has 0 aliphatic carbocycles. The minimum absolute atomic E-state index is 0.101. The van der Waals surface area contributed by atoms with Gasteiger partial charge in [0.25, 0.3) is 0 Å². The smallest absolute Gasteiger partial charge is 0.410 e. The summed E-state index contributed by atoms with van der Waals surface area (Å²) in [5.41, 5.74) is 0.840. The molecule has 5 nitrogen and oxygen atoms in total. The first kappa shape index (κ1) is 16.5. The number of hydrogen-bond acceptors (Lipinski definition) is 4. The summed E-state index contributed by atoms with van der Waals surface area (Å²) in [6.45, 7) is 3.22. The highest BCUT2D eigenvalue weighted by Gasteiger charge is 2.45. The van der Waals surface area contributed by atoms with Crippen molar-refractivity contribution in [3.8, 4) is 0 Å². The lowest BCUT2D eigenvalue weighted by molar-refractivity contribution is -0.00460. The maximum absolute atomic E-state index is 14.0. The van der Waals surface area contributed by atoms with Crippen molar-refractivity contribution in [3.05, 3.63) is 48.6 Å². The molecule has 1 aliphatic rings. The number of carbonyl (C=O) groups is 1. The predicted molar refractivity (Wildman–Crippen MR) is 79.0 cm³/mol. The molecule has 1 aromatic rings. The summed E-state index contributed by atoms with van der Waals surface area (Å²) in [4.78, 5) is 13.3. The SMILES string of the molecule is C=CCO[C@H]1[C@@H](CO)N(C(=O)OCc2ccccc2)C[C@@H]1F. The Morgan fingerprint density at radius 3 is 2.82 bits per heavy atom. The van der Waals surface area contributed by atoms with Crippen LogP contribution in [0.2, 0.25) is 0 Å². The summed E-state index contributed by atoms with van der Waals surface area (Å²) >= 11 is 0. The molecular formula is C16H20FNO4. The molecule has 0 unspecified atom stereocenters. The van der Waals surface area contributed by atoms with Gasteiger partial charge in [-0.05, 0) is 5.56 Å². The minimum atomic E-state index is -1.36. The largest absolute Gasteiger partial charge is 0.445 e. The molecule has 1 saturated heterocycles. The van der Waals surface area contributed by atoms with Crippen molar-refractivity contribution < 1.29 is 23.8 Å². The van der Waals surface area contributed by atoms with E-state index in [0.29, 0.717) is 0 Å². The maximum Gasteiger partial charge on any atom is 0.410 e. The summed E-state index contributed by atoms with van der Waals surface area (Å²) in [5, 5.41) is 9.44. The van der Waals surface area contributed by atoms with Gasteiger partial charge in [-0.1, -0.05) is 36.4 Å². The Kier molecular flexibility index (Phi) is 5.91. The lowest BCUT2D eigenvalue weighted by atomic mass is 10.1. The first-order chi connectivity index (χ1) is 10.7. The van der Waals surface area contributed by atoms with Gasteiger partial charge in [0.15, 0.2) is 0 Å². The van der Waals surface area contributed by atoms with Gasteiger partial charge in [0, 0.05) is 0 Å². The number of ether oxygens (including phenoxy) is 2. The molecule has 1 fully saturated rings. The Labute approximate surface area is 128 Å². The van der Waals surface area contributed by atoms with Crippen LogP contribution in [0.5, 0.6) is 0 Å². The third-order valence-electron chi connectivity index (χ3n) is 3.54. The van der Waals surface area contributed by atoms with Crippen LogP contribution < -0.4 is 0 Å². The van der Waals surface area contributed by atoms with Crippen molar-refractivity contribution >= 4 is 6.09 Å². The second-order valence-electron chi connectivity index (χ2n) is 5.05. The van der Waals surface area contributed by atoms with Crippen LogP contribution in [0, 0.1) is 0 Å². The van der Waals surface area contributed by atoms with Gasteiger partial charge in [-0.25, -0.2) is 9.18 Å². The molecule has 6 heteroatoms. The molecule has 2 rings (SSSR count). The van der Waals surface area contributed by atoms with Gasteiger partial charge in [0.05, 0.1) is 25.8 Å². The summed E-state index contributed by atoms with van der Waals surface area (Å²) in [6, 6.07) is 8.45. The molecule has 0 saturated carbocycles. The van der Waals surface area contributed by atoms with E-state index < -0.39 is 24.4 Å². The third-order valence-corrected chi connectivity index (χ3v) is 3.54. The number of aliphatic hydroxyl groups excluding tert-OH is 1. The average molecular weight is 309 g/mol. The zero-order valence-electron chi connectivity index (χ0n) is 12.2. The van der Waals surface area contributed by atoms with Gasteiger partial charge in [0.1, 0.15) is 18.9 Å². The molecule has 3 atom stereocenters. The van der Waals surface area contributed by atoms with Crippen LogP contribution >= 0.6 is 0 Å². The van der Waals surface area contributed by atoms with E-state index in [4.69, 9.17) is 9.47 Å². The fraction of sp³-hybridized carbons (Fsp3) is 0.438. The standard InChI is InChI=1S/C16H20FNO4/c1-2-8-21-15-13(17)9-18(14(15)10-19)16(20)22-11-12-6-4-3-5-7-12/h2-7,13-15,19H,1,8-11H2/t13-,14+,15+/m0/s1. The van der Waals surface area contributed by atoms with Crippen molar-refractivity contribution in [3.63, 3.8) is 0 Å². The first-order valence-electron chi connectivity index (χ1n) is 7.12. The van der Waals surface area contributed by atoms with Gasteiger partial charge < -0.3 is 14.6 Å². The summed E-state index contributed by atoms with van der Waals surface area (Å²) in [5.74, 6) is 0. The molecule has 1 heterocycles. The fourth-order valence-electron chi connectivity index (χ4n) is 2.45. The second-order valence-corrected chi connectivity index (χ2v) is 5.05. The first-order valence-corrected chi connectivity index (χ1v) is 7.12. The van der Waals surface area contributed by atoms with Gasteiger partial charge in [-0.3, -0.25) is 4.90 Å². The number of nitrogens with zero attached hydrogens (tertiary/aromatic N) is 1. The zero-order valence-corrected chi connectivity index (χ0v) is 12.2. The molecule has 0 spiro atoms. The molecule has 0 radical (unpaired) electrons. The molecule has 0 aromatic heterocycles. The Balaban J connectivity index is 1.95. The summed E-state index contributed by atoms with van der Waals surface area (Å²) in [6.07, 6.45) is -1.39. The maximum atomic E-state index is 14.0. The number of aliphatic hydroxyl groups is 1. The van der Waals surface area contributed by atoms with Gasteiger partial charge in [-0.2, -0.15) is 0 Å². The van der Waals surface area contributed by atoms with E-state index in [-0.39, 0.29) is 26.4 Å². The van der Waals surface area contributed by atoms with Crippen LogP contribution in [-0.4, -0.2) is 54.2 Å². The molecule has 120 valence electrons. The van der Waals surface area contributed by atoms with Crippen molar-refractivity contribution in [2.75, 3.05) is 19.8 Å². The summed E-state index contributed by atoms with van der Waals surface area (Å²) < 4.78 is 24.5. The lowest BCUT2D eigenvalue weighted by Gasteiger charge is -2.25. The van der Waals surface area contributed by atoms with E-state index >= 15 is 0 Å². The molecule has 1 aromatic carbocycles. The number of carbonyl (C=O) groups excluding carboxylic acids is 1. The van der Waals surface area contributed by atoms with Crippen molar-refractivity contribution in [2.45, 2.75) is 24.9 Å². The summed E-state index contributed by atoms with van der Waals surface area (Å²) in [7, 11) is 0. The van der Waals surface area contributed by atoms with E-state index in [1.54, 1.807) is 0 Å². The van der Waals surface area contributed by atoms with Crippen molar-refractivity contribution in [1.82, 2.24) is 4.90 Å². The molecule has 1 N–H and O–H groups in total. The monoisotopic (exact) mass is 309 g/mol. The highest BCUT2D eigenvalue weighted by atomic mass is 19.1. The number of halogens is 1. The minimum Gasteiger partial charge on any atom is -0.445 e. The van der Waals surface area contributed by atoms with Crippen molar-refractivity contribution in [2.24, 2.45) is 0 Å². The Hall–Kier alpha value is -1.92. The van der Waals surface area contributed by atoms with E-state index in [1.807, 2.05) is 30.3 Å². The van der Waals surface area contributed by atoms with Crippen LogP contribution in [0.1, 0.15) is 5.56 Å². The topological polar surface area (TPSA) is 59.0 Å².